The molecule has 1 aromatic carbocycles. The molecule has 3 rings (SSSR count). The summed E-state index contributed by atoms with van der Waals surface area (Å²) in [5.41, 5.74) is 2.00. The molecule has 114 valence electrons. The number of aromatic nitrogens is 2. The highest BCUT2D eigenvalue weighted by atomic mass is 32.2. The number of para-hydroxylation sites is 2. The molecule has 1 aliphatic carbocycles. The van der Waals surface area contributed by atoms with Crippen LogP contribution in [0.4, 0.5) is 0 Å². The molecule has 1 aliphatic rings. The molecule has 1 aromatic heterocycles. The zero-order valence-electron chi connectivity index (χ0n) is 12.6. The minimum atomic E-state index is -0.113. The van der Waals surface area contributed by atoms with E-state index < -0.39 is 0 Å². The van der Waals surface area contributed by atoms with E-state index in [-0.39, 0.29) is 12.1 Å². The summed E-state index contributed by atoms with van der Waals surface area (Å²) < 4.78 is 0. The van der Waals surface area contributed by atoms with E-state index in [0.29, 0.717) is 11.3 Å². The molecule has 0 spiro atoms. The lowest BCUT2D eigenvalue weighted by molar-refractivity contribution is 0.156. The van der Waals surface area contributed by atoms with Gasteiger partial charge in [0, 0.05) is 16.8 Å². The van der Waals surface area contributed by atoms with Crippen molar-refractivity contribution in [3.8, 4) is 0 Å². The van der Waals surface area contributed by atoms with Crippen molar-refractivity contribution in [1.29, 1.82) is 0 Å². The van der Waals surface area contributed by atoms with Crippen LogP contribution in [0.1, 0.15) is 33.1 Å². The van der Waals surface area contributed by atoms with Crippen molar-refractivity contribution >= 4 is 22.8 Å². The Labute approximate surface area is 129 Å². The number of fused-ring (bicyclic) bond motifs is 1. The largest absolute Gasteiger partial charge is 0.394 e. The number of aliphatic hydroxyl groups is 1. The summed E-state index contributed by atoms with van der Waals surface area (Å²) in [5.74, 6) is 0. The molecule has 2 aromatic rings. The summed E-state index contributed by atoms with van der Waals surface area (Å²) in [6.07, 6.45) is 3.13. The van der Waals surface area contributed by atoms with E-state index in [4.69, 9.17) is 0 Å². The van der Waals surface area contributed by atoms with Gasteiger partial charge in [0.05, 0.1) is 17.6 Å². The Hall–Kier alpha value is -1.04. The van der Waals surface area contributed by atoms with Gasteiger partial charge in [-0.2, -0.15) is 0 Å². The van der Waals surface area contributed by atoms with Crippen LogP contribution in [0.15, 0.2) is 29.4 Å². The number of H-pyrrole nitrogens is 1. The first-order chi connectivity index (χ1) is 10.1. The van der Waals surface area contributed by atoms with E-state index in [0.717, 1.165) is 35.5 Å². The molecule has 2 atom stereocenters. The fourth-order valence-electron chi connectivity index (χ4n) is 3.25. The number of hydrogen-bond donors (Lipinski definition) is 3. The first-order valence-electron chi connectivity index (χ1n) is 7.60. The fourth-order valence-corrected chi connectivity index (χ4v) is 4.53. The third-order valence-corrected chi connectivity index (χ3v) is 5.26. The number of thioether (sulfide) groups is 1. The normalized spacial score (nSPS) is 26.0. The zero-order valence-corrected chi connectivity index (χ0v) is 13.4. The van der Waals surface area contributed by atoms with Gasteiger partial charge < -0.3 is 15.4 Å². The molecular formula is C16H23N3OS. The summed E-state index contributed by atoms with van der Waals surface area (Å²) in [6.45, 7) is 4.48. The van der Waals surface area contributed by atoms with Crippen LogP contribution in [0, 0.1) is 0 Å². The van der Waals surface area contributed by atoms with E-state index >= 15 is 0 Å². The number of hydrogen-bond acceptors (Lipinski definition) is 4. The summed E-state index contributed by atoms with van der Waals surface area (Å²) in [5, 5.41) is 14.8. The SMILES string of the molecule is CC(C)NC1(CO)CCC(Sc2nc3ccccc3[nH]2)C1. The molecule has 1 saturated carbocycles. The second-order valence-corrected chi connectivity index (χ2v) is 7.57. The predicted molar refractivity (Wildman–Crippen MR) is 87.7 cm³/mol. The Morgan fingerprint density at radius 1 is 1.48 bits per heavy atom. The van der Waals surface area contributed by atoms with Gasteiger partial charge in [-0.15, -0.1) is 0 Å². The topological polar surface area (TPSA) is 60.9 Å². The number of aliphatic hydroxyl groups excluding tert-OH is 1. The first kappa shape index (κ1) is 14.9. The Morgan fingerprint density at radius 3 is 3.00 bits per heavy atom. The molecule has 0 amide bonds. The van der Waals surface area contributed by atoms with Crippen molar-refractivity contribution in [2.75, 3.05) is 6.61 Å². The Morgan fingerprint density at radius 2 is 2.29 bits per heavy atom. The molecule has 0 bridgehead atoms. The van der Waals surface area contributed by atoms with Crippen LogP contribution < -0.4 is 5.32 Å². The molecule has 3 N–H and O–H groups in total. The van der Waals surface area contributed by atoms with Gasteiger partial charge in [-0.25, -0.2) is 4.98 Å². The lowest BCUT2D eigenvalue weighted by Crippen LogP contribution is -2.49. The first-order valence-corrected chi connectivity index (χ1v) is 8.48. The van der Waals surface area contributed by atoms with Gasteiger partial charge in [0.15, 0.2) is 5.16 Å². The molecule has 0 aliphatic heterocycles. The second kappa shape index (κ2) is 5.99. The maximum Gasteiger partial charge on any atom is 0.166 e. The minimum absolute atomic E-state index is 0.113. The van der Waals surface area contributed by atoms with Crippen LogP contribution in [-0.2, 0) is 0 Å². The molecule has 0 saturated heterocycles. The lowest BCUT2D eigenvalue weighted by atomic mass is 9.98. The lowest BCUT2D eigenvalue weighted by Gasteiger charge is -2.31. The number of nitrogens with one attached hydrogen (secondary N) is 2. The summed E-state index contributed by atoms with van der Waals surface area (Å²) in [4.78, 5) is 8.01. The Bertz CT molecular complexity index is 579. The highest BCUT2D eigenvalue weighted by molar-refractivity contribution is 7.99. The van der Waals surface area contributed by atoms with E-state index in [9.17, 15) is 5.11 Å². The van der Waals surface area contributed by atoms with Gasteiger partial charge in [0.1, 0.15) is 0 Å². The van der Waals surface area contributed by atoms with Crippen LogP contribution in [0.25, 0.3) is 11.0 Å². The van der Waals surface area contributed by atoms with Gasteiger partial charge >= 0.3 is 0 Å². The van der Waals surface area contributed by atoms with Crippen molar-refractivity contribution in [1.82, 2.24) is 15.3 Å². The highest BCUT2D eigenvalue weighted by Crippen LogP contribution is 2.39. The predicted octanol–water partition coefficient (Wildman–Crippen LogP) is 2.94. The maximum atomic E-state index is 9.77. The number of rotatable bonds is 5. The molecule has 5 heteroatoms. The Kier molecular flexibility index (Phi) is 4.24. The van der Waals surface area contributed by atoms with Crippen LogP contribution in [0.2, 0.25) is 0 Å². The van der Waals surface area contributed by atoms with Crippen molar-refractivity contribution in [2.45, 2.75) is 55.1 Å². The monoisotopic (exact) mass is 305 g/mol. The summed E-state index contributed by atoms with van der Waals surface area (Å²) in [6, 6.07) is 8.51. The molecular weight excluding hydrogens is 282 g/mol. The minimum Gasteiger partial charge on any atom is -0.394 e. The van der Waals surface area contributed by atoms with E-state index in [1.807, 2.05) is 18.2 Å². The zero-order chi connectivity index (χ0) is 14.9. The van der Waals surface area contributed by atoms with Crippen LogP contribution in [0.5, 0.6) is 0 Å². The van der Waals surface area contributed by atoms with Crippen molar-refractivity contribution in [3.63, 3.8) is 0 Å². The van der Waals surface area contributed by atoms with Gasteiger partial charge in [-0.3, -0.25) is 0 Å². The summed E-state index contributed by atoms with van der Waals surface area (Å²) >= 11 is 1.80. The van der Waals surface area contributed by atoms with Gasteiger partial charge in [-0.05, 0) is 31.4 Å². The van der Waals surface area contributed by atoms with Crippen molar-refractivity contribution in [2.24, 2.45) is 0 Å². The molecule has 0 radical (unpaired) electrons. The van der Waals surface area contributed by atoms with E-state index in [1.54, 1.807) is 11.8 Å². The van der Waals surface area contributed by atoms with E-state index in [1.165, 1.54) is 0 Å². The maximum absolute atomic E-state index is 9.77. The van der Waals surface area contributed by atoms with Gasteiger partial charge in [-0.1, -0.05) is 37.7 Å². The highest BCUT2D eigenvalue weighted by Gasteiger charge is 2.39. The molecule has 1 heterocycles. The molecule has 1 fully saturated rings. The Balaban J connectivity index is 1.68. The third-order valence-electron chi connectivity index (χ3n) is 4.11. The number of imidazole rings is 1. The number of benzene rings is 1. The van der Waals surface area contributed by atoms with Crippen LogP contribution >= 0.6 is 11.8 Å². The molecule has 2 unspecified atom stereocenters. The van der Waals surface area contributed by atoms with Gasteiger partial charge in [0.25, 0.3) is 0 Å². The average molecular weight is 305 g/mol. The van der Waals surface area contributed by atoms with Gasteiger partial charge in [0.2, 0.25) is 0 Å². The molecule has 21 heavy (non-hydrogen) atoms. The van der Waals surface area contributed by atoms with Crippen LogP contribution in [0.3, 0.4) is 0 Å². The van der Waals surface area contributed by atoms with E-state index in [2.05, 4.69) is 35.2 Å². The summed E-state index contributed by atoms with van der Waals surface area (Å²) in [7, 11) is 0. The fraction of sp³-hybridized carbons (Fsp3) is 0.562. The molecule has 4 nitrogen and oxygen atoms in total. The van der Waals surface area contributed by atoms with Crippen LogP contribution in [-0.4, -0.2) is 38.5 Å². The smallest absolute Gasteiger partial charge is 0.166 e. The second-order valence-electron chi connectivity index (χ2n) is 6.28. The van der Waals surface area contributed by atoms with Crippen molar-refractivity contribution in [3.05, 3.63) is 24.3 Å². The quantitative estimate of drug-likeness (QED) is 0.795. The number of aromatic amines is 1. The number of nitrogens with zero attached hydrogens (tertiary/aromatic N) is 1. The van der Waals surface area contributed by atoms with Crippen molar-refractivity contribution < 1.29 is 5.11 Å². The average Bonchev–Trinajstić information content (AvgIpc) is 3.02. The third kappa shape index (κ3) is 3.25. The standard InChI is InChI=1S/C16H23N3OS/c1-11(2)19-16(10-20)8-7-12(9-16)21-15-17-13-5-3-4-6-14(13)18-15/h3-6,11-12,19-20H,7-10H2,1-2H3,(H,17,18).